The third-order valence-corrected chi connectivity index (χ3v) is 4.21. The van der Waals surface area contributed by atoms with Crippen LogP contribution in [-0.4, -0.2) is 30.1 Å². The molecule has 4 heteroatoms. The third-order valence-electron chi connectivity index (χ3n) is 4.21. The molecule has 1 aliphatic carbocycles. The molecule has 1 aliphatic heterocycles. The summed E-state index contributed by atoms with van der Waals surface area (Å²) in [5, 5.41) is 0. The second-order valence-electron chi connectivity index (χ2n) is 5.40. The number of carbonyl (C=O) groups excluding carboxylic acids is 1. The van der Waals surface area contributed by atoms with E-state index < -0.39 is 0 Å². The summed E-state index contributed by atoms with van der Waals surface area (Å²) >= 11 is 0. The Hall–Kier alpha value is -1.55. The van der Waals surface area contributed by atoms with Crippen LogP contribution in [0, 0.1) is 5.41 Å². The minimum absolute atomic E-state index is 0.214. The summed E-state index contributed by atoms with van der Waals surface area (Å²) in [5.74, 6) is 0. The highest BCUT2D eigenvalue weighted by Gasteiger charge is 2.54. The summed E-state index contributed by atoms with van der Waals surface area (Å²) in [6.07, 6.45) is 2.02. The number of likely N-dealkylation sites (tertiary alicyclic amines) is 1. The summed E-state index contributed by atoms with van der Waals surface area (Å²) in [4.78, 5) is 13.5. The Morgan fingerprint density at radius 3 is 2.67 bits per heavy atom. The van der Waals surface area contributed by atoms with Gasteiger partial charge in [-0.05, 0) is 18.4 Å². The number of hydrogen-bond acceptors (Lipinski definition) is 3. The van der Waals surface area contributed by atoms with Crippen LogP contribution >= 0.6 is 0 Å². The molecule has 1 saturated carbocycles. The lowest BCUT2D eigenvalue weighted by Crippen LogP contribution is -2.70. The number of ether oxygens (including phenoxy) is 1. The predicted octanol–water partition coefficient (Wildman–Crippen LogP) is 1.75. The van der Waals surface area contributed by atoms with Crippen LogP contribution in [0.4, 0.5) is 4.79 Å². The first kappa shape index (κ1) is 11.5. The monoisotopic (exact) mass is 246 g/mol. The number of hydrogen-bond donors (Lipinski definition) is 1. The minimum atomic E-state index is -0.219. The Bertz CT molecular complexity index is 440. The van der Waals surface area contributed by atoms with Crippen molar-refractivity contribution in [2.24, 2.45) is 11.1 Å². The quantitative estimate of drug-likeness (QED) is 0.865. The first-order valence-electron chi connectivity index (χ1n) is 6.41. The van der Waals surface area contributed by atoms with Gasteiger partial charge in [-0.25, -0.2) is 4.79 Å². The second-order valence-corrected chi connectivity index (χ2v) is 5.40. The molecule has 2 N–H and O–H groups in total. The van der Waals surface area contributed by atoms with E-state index in [9.17, 15) is 4.79 Å². The molecule has 2 fully saturated rings. The molecule has 0 aromatic heterocycles. The van der Waals surface area contributed by atoms with E-state index in [0.29, 0.717) is 6.61 Å². The highest BCUT2D eigenvalue weighted by Crippen LogP contribution is 2.47. The largest absolute Gasteiger partial charge is 0.445 e. The van der Waals surface area contributed by atoms with Crippen molar-refractivity contribution in [1.29, 1.82) is 0 Å². The van der Waals surface area contributed by atoms with Crippen LogP contribution in [0.25, 0.3) is 0 Å². The zero-order chi connectivity index (χ0) is 12.6. The molecule has 96 valence electrons. The number of nitrogens with two attached hydrogens (primary N) is 1. The molecule has 1 amide bonds. The number of nitrogens with zero attached hydrogens (tertiary/aromatic N) is 1. The zero-order valence-electron chi connectivity index (χ0n) is 10.3. The van der Waals surface area contributed by atoms with Gasteiger partial charge in [0.05, 0.1) is 0 Å². The Morgan fingerprint density at radius 1 is 1.39 bits per heavy atom. The lowest BCUT2D eigenvalue weighted by atomic mass is 9.60. The van der Waals surface area contributed by atoms with Crippen molar-refractivity contribution < 1.29 is 9.53 Å². The molecule has 1 atom stereocenters. The van der Waals surface area contributed by atoms with Gasteiger partial charge in [-0.3, -0.25) is 0 Å². The molecule has 1 spiro atoms. The first-order chi connectivity index (χ1) is 8.70. The summed E-state index contributed by atoms with van der Waals surface area (Å²) in [5.41, 5.74) is 7.20. The molecule has 1 aromatic carbocycles. The minimum Gasteiger partial charge on any atom is -0.445 e. The van der Waals surface area contributed by atoms with Gasteiger partial charge >= 0.3 is 6.09 Å². The van der Waals surface area contributed by atoms with E-state index in [1.165, 1.54) is 0 Å². The van der Waals surface area contributed by atoms with Crippen molar-refractivity contribution in [2.45, 2.75) is 25.5 Å². The lowest BCUT2D eigenvalue weighted by Gasteiger charge is -2.58. The van der Waals surface area contributed by atoms with Crippen molar-refractivity contribution in [3.05, 3.63) is 35.9 Å². The molecule has 18 heavy (non-hydrogen) atoms. The Balaban J connectivity index is 1.46. The van der Waals surface area contributed by atoms with Crippen LogP contribution in [0.1, 0.15) is 18.4 Å². The number of amides is 1. The van der Waals surface area contributed by atoms with E-state index in [4.69, 9.17) is 10.5 Å². The standard InChI is InChI=1S/C14H18N2O2/c15-12-6-7-14(12)9-16(10-14)13(17)18-8-11-4-2-1-3-5-11/h1-5,12H,6-10,15H2. The van der Waals surface area contributed by atoms with Crippen LogP contribution < -0.4 is 5.73 Å². The molecule has 2 aliphatic rings. The van der Waals surface area contributed by atoms with Gasteiger partial charge in [-0.2, -0.15) is 0 Å². The highest BCUT2D eigenvalue weighted by atomic mass is 16.6. The van der Waals surface area contributed by atoms with Crippen LogP contribution in [0.5, 0.6) is 0 Å². The van der Waals surface area contributed by atoms with Crippen LogP contribution in [-0.2, 0) is 11.3 Å². The van der Waals surface area contributed by atoms with Gasteiger partial charge in [0.15, 0.2) is 0 Å². The summed E-state index contributed by atoms with van der Waals surface area (Å²) in [7, 11) is 0. The van der Waals surface area contributed by atoms with E-state index in [0.717, 1.165) is 31.5 Å². The SMILES string of the molecule is NC1CCC12CN(C(=O)OCc1ccccc1)C2. The molecule has 1 saturated heterocycles. The van der Waals surface area contributed by atoms with Crippen molar-refractivity contribution in [3.63, 3.8) is 0 Å². The molecule has 1 unspecified atom stereocenters. The molecule has 1 aromatic rings. The van der Waals surface area contributed by atoms with E-state index in [1.54, 1.807) is 4.90 Å². The maximum Gasteiger partial charge on any atom is 0.410 e. The fourth-order valence-electron chi connectivity index (χ4n) is 2.77. The molecule has 1 heterocycles. The van der Waals surface area contributed by atoms with E-state index in [1.807, 2.05) is 30.3 Å². The van der Waals surface area contributed by atoms with Crippen LogP contribution in [0.15, 0.2) is 30.3 Å². The molecule has 4 nitrogen and oxygen atoms in total. The smallest absolute Gasteiger partial charge is 0.410 e. The number of carbonyl (C=O) groups is 1. The van der Waals surface area contributed by atoms with Gasteiger partial charge in [-0.15, -0.1) is 0 Å². The maximum absolute atomic E-state index is 11.8. The van der Waals surface area contributed by atoms with Gasteiger partial charge in [-0.1, -0.05) is 30.3 Å². The molecule has 0 bridgehead atoms. The lowest BCUT2D eigenvalue weighted by molar-refractivity contribution is -0.0699. The molecule has 0 radical (unpaired) electrons. The maximum atomic E-state index is 11.8. The van der Waals surface area contributed by atoms with E-state index in [2.05, 4.69) is 0 Å². The number of benzene rings is 1. The first-order valence-corrected chi connectivity index (χ1v) is 6.41. The van der Waals surface area contributed by atoms with E-state index in [-0.39, 0.29) is 17.6 Å². The van der Waals surface area contributed by atoms with Crippen molar-refractivity contribution in [2.75, 3.05) is 13.1 Å². The Morgan fingerprint density at radius 2 is 2.11 bits per heavy atom. The van der Waals surface area contributed by atoms with Crippen molar-refractivity contribution >= 4 is 6.09 Å². The van der Waals surface area contributed by atoms with Crippen LogP contribution in [0.3, 0.4) is 0 Å². The van der Waals surface area contributed by atoms with E-state index >= 15 is 0 Å². The van der Waals surface area contributed by atoms with Crippen molar-refractivity contribution in [3.8, 4) is 0 Å². The zero-order valence-corrected chi connectivity index (χ0v) is 10.3. The topological polar surface area (TPSA) is 55.6 Å². The van der Waals surface area contributed by atoms with Gasteiger partial charge in [0, 0.05) is 24.5 Å². The normalized spacial score (nSPS) is 24.3. The summed E-state index contributed by atoms with van der Waals surface area (Å²) in [6.45, 7) is 1.87. The Kier molecular flexibility index (Phi) is 2.74. The highest BCUT2D eigenvalue weighted by molar-refractivity contribution is 5.69. The summed E-state index contributed by atoms with van der Waals surface area (Å²) in [6, 6.07) is 10.0. The van der Waals surface area contributed by atoms with Gasteiger partial charge < -0.3 is 15.4 Å². The predicted molar refractivity (Wildman–Crippen MR) is 67.8 cm³/mol. The van der Waals surface area contributed by atoms with Crippen molar-refractivity contribution in [1.82, 2.24) is 4.90 Å². The summed E-state index contributed by atoms with van der Waals surface area (Å²) < 4.78 is 5.28. The average molecular weight is 246 g/mol. The molecular weight excluding hydrogens is 228 g/mol. The molecular formula is C14H18N2O2. The Labute approximate surface area is 107 Å². The van der Waals surface area contributed by atoms with Gasteiger partial charge in [0.25, 0.3) is 0 Å². The van der Waals surface area contributed by atoms with Gasteiger partial charge in [0.2, 0.25) is 0 Å². The second kappa shape index (κ2) is 4.28. The fourth-order valence-corrected chi connectivity index (χ4v) is 2.77. The average Bonchev–Trinajstić information content (AvgIpc) is 2.34. The number of rotatable bonds is 2. The third kappa shape index (κ3) is 1.86. The molecule has 3 rings (SSSR count). The fraction of sp³-hybridized carbons (Fsp3) is 0.500. The van der Waals surface area contributed by atoms with Gasteiger partial charge in [0.1, 0.15) is 6.61 Å². The van der Waals surface area contributed by atoms with Crippen LogP contribution in [0.2, 0.25) is 0 Å².